The van der Waals surface area contributed by atoms with Crippen molar-refractivity contribution in [3.63, 3.8) is 0 Å². The zero-order chi connectivity index (χ0) is 8.65. The first kappa shape index (κ1) is 7.90. The molecule has 1 saturated heterocycles. The molecule has 11 heavy (non-hydrogen) atoms. The largest absolute Gasteiger partial charge is 0.713 e. The van der Waals surface area contributed by atoms with Gasteiger partial charge in [-0.2, -0.15) is 13.2 Å². The Morgan fingerprint density at radius 3 is 1.64 bits per heavy atom. The van der Waals surface area contributed by atoms with Crippen molar-refractivity contribution in [1.29, 1.82) is 0 Å². The molecule has 1 heterocycles. The van der Waals surface area contributed by atoms with Crippen LogP contribution in [0.15, 0.2) is 0 Å². The topological polar surface area (TPSA) is 52.6 Å². The van der Waals surface area contributed by atoms with E-state index >= 15 is 0 Å². The minimum Gasteiger partial charge on any atom is -0.485 e. The maximum atomic E-state index is 11.6. The highest BCUT2D eigenvalue weighted by Gasteiger charge is 2.60. The summed E-state index contributed by atoms with van der Waals surface area (Å²) in [7, 11) is -2.73. The van der Waals surface area contributed by atoms with Crippen molar-refractivity contribution in [3.05, 3.63) is 0 Å². The number of hydrogen-bond donors (Lipinski definition) is 0. The molecule has 0 atom stereocenters. The maximum absolute atomic E-state index is 11.6. The summed E-state index contributed by atoms with van der Waals surface area (Å²) in [6.45, 7) is 0. The van der Waals surface area contributed by atoms with Crippen LogP contribution >= 0.6 is 0 Å². The summed E-state index contributed by atoms with van der Waals surface area (Å²) in [6, 6.07) is 0. The summed E-state index contributed by atoms with van der Waals surface area (Å²) in [5.74, 6) is -3.24. The van der Waals surface area contributed by atoms with Crippen molar-refractivity contribution in [2.75, 3.05) is 0 Å². The van der Waals surface area contributed by atoms with Crippen molar-refractivity contribution in [1.82, 2.24) is 0 Å². The lowest BCUT2D eigenvalue weighted by molar-refractivity contribution is -0.150. The fourth-order valence-electron chi connectivity index (χ4n) is 0.448. The van der Waals surface area contributed by atoms with Crippen molar-refractivity contribution in [3.8, 4) is 0 Å². The van der Waals surface area contributed by atoms with E-state index < -0.39 is 25.1 Å². The molecule has 4 nitrogen and oxygen atoms in total. The van der Waals surface area contributed by atoms with Gasteiger partial charge >= 0.3 is 25.1 Å². The van der Waals surface area contributed by atoms with Crippen LogP contribution < -0.4 is 0 Å². The molecule has 1 rings (SSSR count). The van der Waals surface area contributed by atoms with Gasteiger partial charge in [-0.3, -0.25) is 0 Å². The van der Waals surface area contributed by atoms with Crippen molar-refractivity contribution >= 4 is 19.1 Å². The van der Waals surface area contributed by atoms with Gasteiger partial charge in [0.25, 0.3) is 0 Å². The fourth-order valence-corrected chi connectivity index (χ4v) is 0.448. The molecule has 0 bridgehead atoms. The quantitative estimate of drug-likeness (QED) is 0.367. The maximum Gasteiger partial charge on any atom is 0.713 e. The van der Waals surface area contributed by atoms with Gasteiger partial charge in [0.1, 0.15) is 0 Å². The zero-order valence-corrected chi connectivity index (χ0v) is 4.84. The summed E-state index contributed by atoms with van der Waals surface area (Å²) < 4.78 is 41.7. The third-order valence-corrected chi connectivity index (χ3v) is 0.862. The fraction of sp³-hybridized carbons (Fsp3) is 0.333. The van der Waals surface area contributed by atoms with Gasteiger partial charge in [0.2, 0.25) is 0 Å². The van der Waals surface area contributed by atoms with E-state index in [-0.39, 0.29) is 0 Å². The van der Waals surface area contributed by atoms with Gasteiger partial charge in [0, 0.05) is 0 Å². The normalized spacial score (nSPS) is 18.3. The molecule has 0 unspecified atom stereocenters. The third-order valence-electron chi connectivity index (χ3n) is 0.862. The molecule has 1 fully saturated rings. The number of alkyl halides is 3. The summed E-state index contributed by atoms with van der Waals surface area (Å²) in [6.07, 6.45) is -4.85. The Hall–Kier alpha value is -1.21. The van der Waals surface area contributed by atoms with Crippen LogP contribution in [0.2, 0.25) is 0 Å². The third kappa shape index (κ3) is 1.44. The first-order chi connectivity index (χ1) is 4.91. The molecule has 1 aliphatic rings. The van der Waals surface area contributed by atoms with Gasteiger partial charge in [-0.05, 0) is 0 Å². The van der Waals surface area contributed by atoms with Crippen molar-refractivity contribution in [2.24, 2.45) is 0 Å². The van der Waals surface area contributed by atoms with E-state index in [2.05, 4.69) is 9.31 Å². The highest BCUT2D eigenvalue weighted by Crippen LogP contribution is 2.23. The standard InChI is InChI=1S/C3BF3O4/c5-3(6,7)4-10-1(8)2(9)11-4. The Balaban J connectivity index is 2.68. The molecule has 0 spiro atoms. The number of hydrogen-bond acceptors (Lipinski definition) is 4. The monoisotopic (exact) mass is 168 g/mol. The molecule has 0 aliphatic carbocycles. The molecule has 60 valence electrons. The Morgan fingerprint density at radius 2 is 1.45 bits per heavy atom. The molecule has 1 aliphatic heterocycles. The van der Waals surface area contributed by atoms with Crippen LogP contribution in [0.1, 0.15) is 0 Å². The van der Waals surface area contributed by atoms with Gasteiger partial charge in [-0.25, -0.2) is 9.59 Å². The molecule has 8 heteroatoms. The number of carbonyl (C=O) groups is 2. The number of carbonyl (C=O) groups excluding carboxylic acids is 2. The Labute approximate surface area is 58.4 Å². The van der Waals surface area contributed by atoms with Gasteiger partial charge in [0.05, 0.1) is 0 Å². The molecular weight excluding hydrogens is 168 g/mol. The van der Waals surface area contributed by atoms with Crippen LogP contribution in [0.4, 0.5) is 13.2 Å². The first-order valence-electron chi connectivity index (χ1n) is 2.39. The second kappa shape index (κ2) is 2.14. The van der Waals surface area contributed by atoms with E-state index in [9.17, 15) is 22.8 Å². The Kier molecular flexibility index (Phi) is 1.54. The highest BCUT2D eigenvalue weighted by molar-refractivity contribution is 6.61. The Bertz CT molecular complexity index is 195. The van der Waals surface area contributed by atoms with Gasteiger partial charge in [0.15, 0.2) is 0 Å². The van der Waals surface area contributed by atoms with Crippen molar-refractivity contribution in [2.45, 2.75) is 6.08 Å². The predicted octanol–water partition coefficient (Wildman–Crippen LogP) is -0.324. The molecule has 0 aromatic heterocycles. The molecule has 0 saturated carbocycles. The highest BCUT2D eigenvalue weighted by atomic mass is 19.4. The van der Waals surface area contributed by atoms with Crippen molar-refractivity contribution < 1.29 is 32.1 Å². The lowest BCUT2D eigenvalue weighted by Gasteiger charge is -2.04. The first-order valence-corrected chi connectivity index (χ1v) is 2.39. The molecule has 0 aromatic rings. The summed E-state index contributed by atoms with van der Waals surface area (Å²) >= 11 is 0. The zero-order valence-electron chi connectivity index (χ0n) is 4.84. The second-order valence-corrected chi connectivity index (χ2v) is 1.68. The van der Waals surface area contributed by atoms with E-state index in [1.54, 1.807) is 0 Å². The summed E-state index contributed by atoms with van der Waals surface area (Å²) in [5.41, 5.74) is 0. The lowest BCUT2D eigenvalue weighted by atomic mass is 9.90. The number of halogens is 3. The molecule has 0 N–H and O–H groups in total. The smallest absolute Gasteiger partial charge is 0.485 e. The van der Waals surface area contributed by atoms with E-state index in [4.69, 9.17) is 0 Å². The van der Waals surface area contributed by atoms with Gasteiger partial charge < -0.3 is 9.31 Å². The van der Waals surface area contributed by atoms with Crippen LogP contribution in [0.5, 0.6) is 0 Å². The average Bonchev–Trinajstić information content (AvgIpc) is 2.11. The lowest BCUT2D eigenvalue weighted by Crippen LogP contribution is -2.35. The SMILES string of the molecule is O=C1OB(C(F)(F)F)OC1=O. The predicted molar refractivity (Wildman–Crippen MR) is 24.0 cm³/mol. The van der Waals surface area contributed by atoms with E-state index in [1.807, 2.05) is 0 Å². The van der Waals surface area contributed by atoms with Gasteiger partial charge in [-0.15, -0.1) is 0 Å². The van der Waals surface area contributed by atoms with E-state index in [1.165, 1.54) is 0 Å². The van der Waals surface area contributed by atoms with E-state index in [0.717, 1.165) is 0 Å². The van der Waals surface area contributed by atoms with Crippen LogP contribution in [-0.4, -0.2) is 25.1 Å². The summed E-state index contributed by atoms with van der Waals surface area (Å²) in [5, 5.41) is 0. The summed E-state index contributed by atoms with van der Waals surface area (Å²) in [4.78, 5) is 20.1. The minimum atomic E-state index is -4.85. The number of rotatable bonds is 0. The van der Waals surface area contributed by atoms with E-state index in [0.29, 0.717) is 0 Å². The average molecular weight is 168 g/mol. The van der Waals surface area contributed by atoms with Crippen LogP contribution in [0, 0.1) is 0 Å². The second-order valence-electron chi connectivity index (χ2n) is 1.68. The van der Waals surface area contributed by atoms with Crippen LogP contribution in [-0.2, 0) is 18.9 Å². The van der Waals surface area contributed by atoms with Crippen LogP contribution in [0.3, 0.4) is 0 Å². The molecule has 0 amide bonds. The minimum absolute atomic E-state index is 1.62. The molecule has 0 radical (unpaired) electrons. The Morgan fingerprint density at radius 1 is 1.09 bits per heavy atom. The van der Waals surface area contributed by atoms with Gasteiger partial charge in [-0.1, -0.05) is 0 Å². The molecule has 0 aromatic carbocycles. The van der Waals surface area contributed by atoms with Crippen LogP contribution in [0.25, 0.3) is 0 Å². The molecular formula is C3BF3O4.